The maximum atomic E-state index is 5.90. The van der Waals surface area contributed by atoms with Gasteiger partial charge in [0.1, 0.15) is 0 Å². The van der Waals surface area contributed by atoms with Gasteiger partial charge in [0.05, 0.1) is 0 Å². The van der Waals surface area contributed by atoms with Crippen molar-refractivity contribution in [2.24, 2.45) is 17.6 Å². The second-order valence-corrected chi connectivity index (χ2v) is 4.77. The Bertz CT molecular complexity index is 320. The van der Waals surface area contributed by atoms with E-state index in [-0.39, 0.29) is 0 Å². The van der Waals surface area contributed by atoms with E-state index in [9.17, 15) is 0 Å². The molecule has 0 aliphatic carbocycles. The van der Waals surface area contributed by atoms with E-state index in [1.54, 1.807) is 0 Å². The summed E-state index contributed by atoms with van der Waals surface area (Å²) < 4.78 is 0. The number of nitrogens with two attached hydrogens (primary N) is 1. The lowest BCUT2D eigenvalue weighted by atomic mass is 9.83. The summed E-state index contributed by atoms with van der Waals surface area (Å²) in [5.74, 6) is 1.06. The van der Waals surface area contributed by atoms with E-state index >= 15 is 0 Å². The summed E-state index contributed by atoms with van der Waals surface area (Å²) in [4.78, 5) is 0. The molecule has 0 aliphatic rings. The number of nitrogens with one attached hydrogen (secondary N) is 1. The Kier molecular flexibility index (Phi) is 4.97. The van der Waals surface area contributed by atoms with Gasteiger partial charge in [0, 0.05) is 6.04 Å². The lowest BCUT2D eigenvalue weighted by molar-refractivity contribution is 0.298. The van der Waals surface area contributed by atoms with Crippen LogP contribution in [0.15, 0.2) is 24.3 Å². The molecule has 90 valence electrons. The topological polar surface area (TPSA) is 38.0 Å². The van der Waals surface area contributed by atoms with Gasteiger partial charge in [-0.15, -0.1) is 0 Å². The van der Waals surface area contributed by atoms with Crippen LogP contribution in [0.25, 0.3) is 0 Å². The highest BCUT2D eigenvalue weighted by Crippen LogP contribution is 2.28. The third-order valence-corrected chi connectivity index (χ3v) is 3.39. The van der Waals surface area contributed by atoms with Gasteiger partial charge < -0.3 is 11.1 Å². The molecule has 0 spiro atoms. The summed E-state index contributed by atoms with van der Waals surface area (Å²) in [6.07, 6.45) is 0. The second kappa shape index (κ2) is 6.02. The summed E-state index contributed by atoms with van der Waals surface area (Å²) in [5.41, 5.74) is 8.60. The summed E-state index contributed by atoms with van der Waals surface area (Å²) in [7, 11) is 2.02. The predicted molar refractivity (Wildman–Crippen MR) is 70.4 cm³/mol. The Morgan fingerprint density at radius 1 is 1.25 bits per heavy atom. The first-order valence-corrected chi connectivity index (χ1v) is 6.04. The highest BCUT2D eigenvalue weighted by atomic mass is 14.9. The van der Waals surface area contributed by atoms with Gasteiger partial charge in [-0.25, -0.2) is 0 Å². The van der Waals surface area contributed by atoms with Crippen LogP contribution in [0.3, 0.4) is 0 Å². The Morgan fingerprint density at radius 2 is 1.88 bits per heavy atom. The molecule has 0 saturated heterocycles. The normalized spacial score (nSPS) is 15.1. The van der Waals surface area contributed by atoms with Crippen molar-refractivity contribution in [2.75, 3.05) is 13.6 Å². The zero-order valence-corrected chi connectivity index (χ0v) is 10.8. The molecule has 2 atom stereocenters. The molecule has 2 nitrogen and oxygen atoms in total. The summed E-state index contributed by atoms with van der Waals surface area (Å²) in [6.45, 7) is 7.35. The van der Waals surface area contributed by atoms with E-state index in [1.165, 1.54) is 11.1 Å². The average Bonchev–Trinajstić information content (AvgIpc) is 2.26. The van der Waals surface area contributed by atoms with Gasteiger partial charge in [0.15, 0.2) is 0 Å². The van der Waals surface area contributed by atoms with Gasteiger partial charge in [-0.05, 0) is 43.5 Å². The number of hydrogen-bond acceptors (Lipinski definition) is 2. The quantitative estimate of drug-likeness (QED) is 0.800. The molecule has 0 aromatic heterocycles. The van der Waals surface area contributed by atoms with E-state index in [4.69, 9.17) is 5.73 Å². The maximum Gasteiger partial charge on any atom is 0.0363 e. The van der Waals surface area contributed by atoms with Crippen LogP contribution in [-0.4, -0.2) is 13.6 Å². The van der Waals surface area contributed by atoms with Crippen LogP contribution in [0, 0.1) is 18.8 Å². The summed E-state index contributed by atoms with van der Waals surface area (Å²) >= 11 is 0. The first-order chi connectivity index (χ1) is 7.61. The minimum Gasteiger partial charge on any atom is -0.330 e. The minimum atomic E-state index is 0.353. The molecule has 2 heteroatoms. The van der Waals surface area contributed by atoms with Crippen LogP contribution >= 0.6 is 0 Å². The summed E-state index contributed by atoms with van der Waals surface area (Å²) in [5, 5.41) is 3.41. The Morgan fingerprint density at radius 3 is 2.31 bits per heavy atom. The molecule has 0 amide bonds. The lowest BCUT2D eigenvalue weighted by Gasteiger charge is -2.30. The molecule has 1 aromatic carbocycles. The fourth-order valence-corrected chi connectivity index (χ4v) is 2.33. The van der Waals surface area contributed by atoms with Crippen LogP contribution < -0.4 is 11.1 Å². The molecule has 0 bridgehead atoms. The molecular formula is C14H24N2. The molecule has 1 rings (SSSR count). The van der Waals surface area contributed by atoms with Gasteiger partial charge in [-0.2, -0.15) is 0 Å². The summed E-state index contributed by atoms with van der Waals surface area (Å²) in [6, 6.07) is 8.89. The molecule has 0 radical (unpaired) electrons. The van der Waals surface area contributed by atoms with Crippen LogP contribution in [0.1, 0.15) is 31.0 Å². The SMILES string of the molecule is CNC(c1ccccc1C)C(CN)C(C)C. The highest BCUT2D eigenvalue weighted by Gasteiger charge is 2.24. The van der Waals surface area contributed by atoms with Crippen molar-refractivity contribution in [3.8, 4) is 0 Å². The second-order valence-electron chi connectivity index (χ2n) is 4.77. The maximum absolute atomic E-state index is 5.90. The van der Waals surface area contributed by atoms with Gasteiger partial charge in [-0.1, -0.05) is 38.1 Å². The number of benzene rings is 1. The van der Waals surface area contributed by atoms with Crippen molar-refractivity contribution in [1.82, 2.24) is 5.32 Å². The average molecular weight is 220 g/mol. The molecule has 2 unspecified atom stereocenters. The van der Waals surface area contributed by atoms with E-state index in [0.29, 0.717) is 17.9 Å². The molecular weight excluding hydrogens is 196 g/mol. The van der Waals surface area contributed by atoms with Crippen molar-refractivity contribution in [1.29, 1.82) is 0 Å². The first-order valence-electron chi connectivity index (χ1n) is 6.04. The van der Waals surface area contributed by atoms with Gasteiger partial charge in [0.2, 0.25) is 0 Å². The van der Waals surface area contributed by atoms with E-state index < -0.39 is 0 Å². The molecule has 0 fully saturated rings. The van der Waals surface area contributed by atoms with E-state index in [2.05, 4.69) is 50.4 Å². The number of hydrogen-bond donors (Lipinski definition) is 2. The van der Waals surface area contributed by atoms with Crippen molar-refractivity contribution >= 4 is 0 Å². The fraction of sp³-hybridized carbons (Fsp3) is 0.571. The van der Waals surface area contributed by atoms with Gasteiger partial charge in [0.25, 0.3) is 0 Å². The van der Waals surface area contributed by atoms with Crippen molar-refractivity contribution < 1.29 is 0 Å². The van der Waals surface area contributed by atoms with E-state index in [1.807, 2.05) is 7.05 Å². The van der Waals surface area contributed by atoms with Gasteiger partial charge in [-0.3, -0.25) is 0 Å². The minimum absolute atomic E-state index is 0.353. The lowest BCUT2D eigenvalue weighted by Crippen LogP contribution is -2.34. The Balaban J connectivity index is 3.02. The number of rotatable bonds is 5. The zero-order valence-electron chi connectivity index (χ0n) is 10.8. The van der Waals surface area contributed by atoms with Crippen LogP contribution in [0.4, 0.5) is 0 Å². The van der Waals surface area contributed by atoms with E-state index in [0.717, 1.165) is 6.54 Å². The first kappa shape index (κ1) is 13.2. The largest absolute Gasteiger partial charge is 0.330 e. The fourth-order valence-electron chi connectivity index (χ4n) is 2.33. The van der Waals surface area contributed by atoms with Crippen LogP contribution in [0.5, 0.6) is 0 Å². The third-order valence-electron chi connectivity index (χ3n) is 3.39. The Labute approximate surface area is 99.2 Å². The van der Waals surface area contributed by atoms with Crippen LogP contribution in [-0.2, 0) is 0 Å². The Hall–Kier alpha value is -0.860. The monoisotopic (exact) mass is 220 g/mol. The molecule has 3 N–H and O–H groups in total. The standard InChI is InChI=1S/C14H24N2/c1-10(2)13(9-15)14(16-4)12-8-6-5-7-11(12)3/h5-8,10,13-14,16H,9,15H2,1-4H3. The van der Waals surface area contributed by atoms with Crippen molar-refractivity contribution in [3.05, 3.63) is 35.4 Å². The van der Waals surface area contributed by atoms with Crippen molar-refractivity contribution in [2.45, 2.75) is 26.8 Å². The zero-order chi connectivity index (χ0) is 12.1. The van der Waals surface area contributed by atoms with Crippen molar-refractivity contribution in [3.63, 3.8) is 0 Å². The molecule has 0 heterocycles. The third kappa shape index (κ3) is 2.83. The highest BCUT2D eigenvalue weighted by molar-refractivity contribution is 5.29. The molecule has 16 heavy (non-hydrogen) atoms. The molecule has 0 aliphatic heterocycles. The van der Waals surface area contributed by atoms with Crippen LogP contribution in [0.2, 0.25) is 0 Å². The molecule has 1 aromatic rings. The van der Waals surface area contributed by atoms with Gasteiger partial charge >= 0.3 is 0 Å². The predicted octanol–water partition coefficient (Wildman–Crippen LogP) is 2.49. The number of aryl methyl sites for hydroxylation is 1. The smallest absolute Gasteiger partial charge is 0.0363 e. The molecule has 0 saturated carbocycles.